The minimum Gasteiger partial charge on any atom is -0.343 e. The van der Waals surface area contributed by atoms with Crippen LogP contribution in [0, 0.1) is 0 Å². The first-order valence-electron chi connectivity index (χ1n) is 4.92. The molecule has 4 nitrogen and oxygen atoms in total. The van der Waals surface area contributed by atoms with E-state index in [0.717, 1.165) is 6.39 Å². The van der Waals surface area contributed by atoms with Gasteiger partial charge in [-0.3, -0.25) is 4.79 Å². The summed E-state index contributed by atoms with van der Waals surface area (Å²) in [5.41, 5.74) is -0.0513. The molecule has 0 spiro atoms. The highest BCUT2D eigenvalue weighted by Crippen LogP contribution is 2.35. The van der Waals surface area contributed by atoms with E-state index in [1.54, 1.807) is 6.07 Å². The number of benzene rings is 1. The molecule has 0 aliphatic carbocycles. The molecule has 1 unspecified atom stereocenters. The second-order valence-corrected chi connectivity index (χ2v) is 3.49. The third-order valence-corrected chi connectivity index (χ3v) is 2.28. The molecule has 0 amide bonds. The van der Waals surface area contributed by atoms with Gasteiger partial charge in [0.2, 0.25) is 6.39 Å². The molecule has 2 rings (SSSR count). The fraction of sp³-hybridized carbons (Fsp3) is 0.182. The Kier molecular flexibility index (Phi) is 3.14. The van der Waals surface area contributed by atoms with Crippen molar-refractivity contribution in [1.82, 2.24) is 10.1 Å². The monoisotopic (exact) mass is 256 g/mol. The summed E-state index contributed by atoms with van der Waals surface area (Å²) in [6, 6.07) is 7.18. The van der Waals surface area contributed by atoms with E-state index in [1.165, 1.54) is 24.3 Å². The van der Waals surface area contributed by atoms with Crippen molar-refractivity contribution in [3.63, 3.8) is 0 Å². The third kappa shape index (κ3) is 2.39. The molecular weight excluding hydrogens is 249 g/mol. The molecule has 1 aromatic heterocycles. The van der Waals surface area contributed by atoms with Gasteiger partial charge in [-0.25, -0.2) is 0 Å². The summed E-state index contributed by atoms with van der Waals surface area (Å²) in [6.45, 7) is 0. The van der Waals surface area contributed by atoms with Gasteiger partial charge >= 0.3 is 6.18 Å². The average Bonchev–Trinajstić information content (AvgIpc) is 2.82. The van der Waals surface area contributed by atoms with Crippen LogP contribution < -0.4 is 0 Å². The van der Waals surface area contributed by atoms with Crippen molar-refractivity contribution in [3.8, 4) is 0 Å². The zero-order chi connectivity index (χ0) is 13.2. The van der Waals surface area contributed by atoms with Gasteiger partial charge in [0.05, 0.1) is 0 Å². The molecule has 0 saturated carbocycles. The van der Waals surface area contributed by atoms with E-state index >= 15 is 0 Å². The lowest BCUT2D eigenvalue weighted by atomic mass is 9.96. The fourth-order valence-corrected chi connectivity index (χ4v) is 1.49. The summed E-state index contributed by atoms with van der Waals surface area (Å²) in [5.74, 6) is -4.19. The van der Waals surface area contributed by atoms with E-state index in [9.17, 15) is 18.0 Å². The largest absolute Gasteiger partial charge is 0.406 e. The number of hydrogen-bond donors (Lipinski definition) is 0. The predicted octanol–water partition coefficient (Wildman–Crippen LogP) is 2.60. The molecule has 1 heterocycles. The van der Waals surface area contributed by atoms with Gasteiger partial charge in [-0.2, -0.15) is 18.2 Å². The zero-order valence-electron chi connectivity index (χ0n) is 8.89. The first kappa shape index (κ1) is 12.3. The van der Waals surface area contributed by atoms with Crippen LogP contribution in [-0.4, -0.2) is 22.1 Å². The molecule has 1 aromatic carbocycles. The minimum absolute atomic E-state index is 0.0513. The molecular formula is C11H7F3N2O2. The SMILES string of the molecule is O=C(c1ccccc1)C(c1ncon1)C(F)(F)F. The maximum atomic E-state index is 12.9. The van der Waals surface area contributed by atoms with E-state index in [0.29, 0.717) is 0 Å². The number of alkyl halides is 3. The van der Waals surface area contributed by atoms with Gasteiger partial charge in [-0.1, -0.05) is 35.5 Å². The Morgan fingerprint density at radius 2 is 1.89 bits per heavy atom. The van der Waals surface area contributed by atoms with Gasteiger partial charge in [0, 0.05) is 5.56 Å². The van der Waals surface area contributed by atoms with E-state index < -0.39 is 23.7 Å². The predicted molar refractivity (Wildman–Crippen MR) is 53.9 cm³/mol. The van der Waals surface area contributed by atoms with Crippen LogP contribution in [0.15, 0.2) is 41.2 Å². The Hall–Kier alpha value is -2.18. The zero-order valence-corrected chi connectivity index (χ0v) is 8.89. The van der Waals surface area contributed by atoms with Crippen LogP contribution in [-0.2, 0) is 0 Å². The van der Waals surface area contributed by atoms with Crippen LogP contribution in [0.4, 0.5) is 13.2 Å². The van der Waals surface area contributed by atoms with Crippen LogP contribution in [0.25, 0.3) is 0 Å². The lowest BCUT2D eigenvalue weighted by molar-refractivity contribution is -0.141. The van der Waals surface area contributed by atoms with Crippen molar-refractivity contribution in [2.45, 2.75) is 12.1 Å². The highest BCUT2D eigenvalue weighted by atomic mass is 19.4. The summed E-state index contributed by atoms with van der Waals surface area (Å²) in [4.78, 5) is 15.2. The molecule has 7 heteroatoms. The number of carbonyl (C=O) groups excluding carboxylic acids is 1. The summed E-state index contributed by atoms with van der Waals surface area (Å²) < 4.78 is 42.9. The van der Waals surface area contributed by atoms with Crippen LogP contribution >= 0.6 is 0 Å². The molecule has 2 aromatic rings. The first-order valence-corrected chi connectivity index (χ1v) is 4.92. The summed E-state index contributed by atoms with van der Waals surface area (Å²) in [7, 11) is 0. The van der Waals surface area contributed by atoms with E-state index in [-0.39, 0.29) is 5.56 Å². The first-order chi connectivity index (χ1) is 8.50. The molecule has 1 atom stereocenters. The smallest absolute Gasteiger partial charge is 0.343 e. The Balaban J connectivity index is 2.40. The number of nitrogens with zero attached hydrogens (tertiary/aromatic N) is 2. The lowest BCUT2D eigenvalue weighted by Gasteiger charge is -2.15. The second-order valence-electron chi connectivity index (χ2n) is 3.49. The summed E-state index contributed by atoms with van der Waals surface area (Å²) in [6.07, 6.45) is -4.01. The maximum Gasteiger partial charge on any atom is 0.406 e. The number of hydrogen-bond acceptors (Lipinski definition) is 4. The Labute approximate surface area is 99.4 Å². The van der Waals surface area contributed by atoms with Gasteiger partial charge in [0.25, 0.3) is 0 Å². The fourth-order valence-electron chi connectivity index (χ4n) is 1.49. The normalized spacial score (nSPS) is 13.3. The maximum absolute atomic E-state index is 12.9. The molecule has 0 N–H and O–H groups in total. The standard InChI is InChI=1S/C11H7F3N2O2/c12-11(13,14)8(10-15-6-18-16-10)9(17)7-4-2-1-3-5-7/h1-6,8H. The van der Waals surface area contributed by atoms with Crippen LogP contribution in [0.1, 0.15) is 22.1 Å². The molecule has 0 saturated heterocycles. The number of Topliss-reactive ketones (excluding diaryl/α,β-unsaturated/α-hetero) is 1. The molecule has 94 valence electrons. The second kappa shape index (κ2) is 4.59. The van der Waals surface area contributed by atoms with Crippen molar-refractivity contribution >= 4 is 5.78 Å². The minimum atomic E-state index is -4.77. The molecule has 0 aliphatic heterocycles. The van der Waals surface area contributed by atoms with Gasteiger partial charge in [-0.05, 0) is 0 Å². The summed E-state index contributed by atoms with van der Waals surface area (Å²) in [5, 5.41) is 3.10. The summed E-state index contributed by atoms with van der Waals surface area (Å²) >= 11 is 0. The van der Waals surface area contributed by atoms with Gasteiger partial charge < -0.3 is 4.52 Å². The van der Waals surface area contributed by atoms with Crippen LogP contribution in [0.3, 0.4) is 0 Å². The van der Waals surface area contributed by atoms with Gasteiger partial charge in [0.15, 0.2) is 17.5 Å². The third-order valence-electron chi connectivity index (χ3n) is 2.28. The molecule has 0 fully saturated rings. The number of ketones is 1. The average molecular weight is 256 g/mol. The van der Waals surface area contributed by atoms with Gasteiger partial charge in [0.1, 0.15) is 0 Å². The van der Waals surface area contributed by atoms with E-state index in [4.69, 9.17) is 0 Å². The quantitative estimate of drug-likeness (QED) is 0.792. The van der Waals surface area contributed by atoms with Crippen molar-refractivity contribution < 1.29 is 22.5 Å². The number of halogens is 3. The number of carbonyl (C=O) groups is 1. The van der Waals surface area contributed by atoms with Gasteiger partial charge in [-0.15, -0.1) is 0 Å². The Morgan fingerprint density at radius 3 is 2.39 bits per heavy atom. The number of rotatable bonds is 3. The van der Waals surface area contributed by atoms with Crippen LogP contribution in [0.5, 0.6) is 0 Å². The van der Waals surface area contributed by atoms with E-state index in [2.05, 4.69) is 14.7 Å². The molecule has 0 bridgehead atoms. The highest BCUT2D eigenvalue weighted by molar-refractivity contribution is 6.01. The Bertz CT molecular complexity index is 523. The van der Waals surface area contributed by atoms with E-state index in [1.807, 2.05) is 0 Å². The Morgan fingerprint density at radius 1 is 1.22 bits per heavy atom. The van der Waals surface area contributed by atoms with Crippen molar-refractivity contribution in [2.75, 3.05) is 0 Å². The molecule has 0 aliphatic rings. The number of aromatic nitrogens is 2. The van der Waals surface area contributed by atoms with Crippen molar-refractivity contribution in [1.29, 1.82) is 0 Å². The van der Waals surface area contributed by atoms with Crippen molar-refractivity contribution in [2.24, 2.45) is 0 Å². The topological polar surface area (TPSA) is 56.0 Å². The highest BCUT2D eigenvalue weighted by Gasteiger charge is 2.48. The molecule has 0 radical (unpaired) electrons. The van der Waals surface area contributed by atoms with Crippen LogP contribution in [0.2, 0.25) is 0 Å². The molecule has 18 heavy (non-hydrogen) atoms. The van der Waals surface area contributed by atoms with Crippen molar-refractivity contribution in [3.05, 3.63) is 48.1 Å². The lowest BCUT2D eigenvalue weighted by Crippen LogP contribution is -2.29.